The van der Waals surface area contributed by atoms with E-state index in [2.05, 4.69) is 145 Å². The summed E-state index contributed by atoms with van der Waals surface area (Å²) in [6.45, 7) is 13.6. The standard InChI is InChI=1S/C21H25.C13H10.2ClH.Hf/c1-20(2,3)16-7-9-18-14(12-16)11-15-13-17(21(4,5)6)8-10-19(15)18;1-3-7-12(8-4-1)11-13-9-5-2-6-10-13;;;/h7-13H,1-6H3;1-10H;2*1H;/q-1;;;;+2/p-2. The molecule has 5 rings (SSSR count). The third kappa shape index (κ3) is 7.56. The van der Waals surface area contributed by atoms with Gasteiger partial charge >= 0.3 is 98.9 Å². The molecular weight excluding hydrogens is 658 g/mol. The summed E-state index contributed by atoms with van der Waals surface area (Å²) in [4.78, 5) is 0. The van der Waals surface area contributed by atoms with Crippen LogP contribution in [0.1, 0.15) is 63.8 Å². The van der Waals surface area contributed by atoms with Crippen molar-refractivity contribution in [3.8, 4) is 0 Å². The summed E-state index contributed by atoms with van der Waals surface area (Å²) >= 11 is 1.08. The molecule has 0 aromatic heterocycles. The summed E-state index contributed by atoms with van der Waals surface area (Å²) in [7, 11) is 0. The van der Waals surface area contributed by atoms with Gasteiger partial charge in [0.2, 0.25) is 0 Å². The molecule has 0 aliphatic rings. The fraction of sp³-hybridized carbons (Fsp3) is 0.235. The zero-order valence-electron chi connectivity index (χ0n) is 22.6. The van der Waals surface area contributed by atoms with Crippen LogP contribution in [0.5, 0.6) is 0 Å². The summed E-state index contributed by atoms with van der Waals surface area (Å²) < 4.78 is 1.46. The van der Waals surface area contributed by atoms with Crippen molar-refractivity contribution in [2.75, 3.05) is 0 Å². The fourth-order valence-corrected chi connectivity index (χ4v) is 5.53. The van der Waals surface area contributed by atoms with E-state index in [1.807, 2.05) is 0 Å². The molecule has 0 spiro atoms. The first-order chi connectivity index (χ1) is 16.5. The van der Waals surface area contributed by atoms with E-state index in [-0.39, 0.29) is 35.6 Å². The van der Waals surface area contributed by atoms with Crippen LogP contribution in [0.4, 0.5) is 0 Å². The predicted octanol–water partition coefficient (Wildman–Crippen LogP) is 3.12. The van der Waals surface area contributed by atoms with Gasteiger partial charge in [-0.2, -0.15) is 0 Å². The van der Waals surface area contributed by atoms with Crippen LogP contribution in [0.2, 0.25) is 0 Å². The van der Waals surface area contributed by atoms with Gasteiger partial charge in [-0.1, -0.05) is 76.9 Å². The normalized spacial score (nSPS) is 11.2. The van der Waals surface area contributed by atoms with Crippen molar-refractivity contribution in [2.24, 2.45) is 0 Å². The van der Waals surface area contributed by atoms with E-state index in [0.29, 0.717) is 0 Å². The molecule has 0 bridgehead atoms. The number of hydrogen-bond donors (Lipinski definition) is 0. The molecule has 0 N–H and O–H groups in total. The average molecular weight is 693 g/mol. The number of benzene rings is 4. The number of halogens is 2. The zero-order chi connectivity index (χ0) is 25.2. The molecule has 0 amide bonds. The third-order valence-electron chi connectivity index (χ3n) is 6.56. The van der Waals surface area contributed by atoms with Crippen LogP contribution < -0.4 is 24.8 Å². The van der Waals surface area contributed by atoms with Gasteiger partial charge in [0.15, 0.2) is 0 Å². The maximum atomic E-state index is 2.35. The Morgan fingerprint density at radius 3 is 1.22 bits per heavy atom. The first-order valence-electron chi connectivity index (χ1n) is 12.4. The maximum absolute atomic E-state index is 2.35. The van der Waals surface area contributed by atoms with E-state index < -0.39 is 0 Å². The van der Waals surface area contributed by atoms with Crippen molar-refractivity contribution >= 4 is 24.8 Å². The van der Waals surface area contributed by atoms with Crippen LogP contribution in [0, 0.1) is 0 Å². The molecule has 3 heteroatoms. The van der Waals surface area contributed by atoms with Gasteiger partial charge < -0.3 is 24.8 Å². The number of fused-ring (bicyclic) bond motifs is 3. The molecule has 0 saturated carbocycles. The van der Waals surface area contributed by atoms with Crippen molar-refractivity contribution in [1.29, 1.82) is 0 Å². The number of hydrogen-bond acceptors (Lipinski definition) is 0. The van der Waals surface area contributed by atoms with Gasteiger partial charge in [-0.05, 0) is 10.8 Å². The Labute approximate surface area is 249 Å². The van der Waals surface area contributed by atoms with Gasteiger partial charge in [-0.15, -0.1) is 39.7 Å². The predicted molar refractivity (Wildman–Crippen MR) is 151 cm³/mol. The topological polar surface area (TPSA) is 0 Å². The van der Waals surface area contributed by atoms with E-state index in [9.17, 15) is 0 Å². The van der Waals surface area contributed by atoms with E-state index in [1.54, 1.807) is 0 Å². The van der Waals surface area contributed by atoms with Gasteiger partial charge in [0, 0.05) is 0 Å². The van der Waals surface area contributed by atoms with Gasteiger partial charge in [-0.3, -0.25) is 0 Å². The van der Waals surface area contributed by atoms with Crippen molar-refractivity contribution in [3.63, 3.8) is 0 Å². The van der Waals surface area contributed by atoms with E-state index in [4.69, 9.17) is 0 Å². The molecule has 0 fully saturated rings. The Balaban J connectivity index is 0.000000265. The van der Waals surface area contributed by atoms with Crippen molar-refractivity contribution in [1.82, 2.24) is 0 Å². The second-order valence-electron chi connectivity index (χ2n) is 11.4. The summed E-state index contributed by atoms with van der Waals surface area (Å²) in [6.07, 6.45) is 0. The van der Waals surface area contributed by atoms with Crippen LogP contribution in [0.25, 0.3) is 21.5 Å². The minimum atomic E-state index is 0. The molecule has 0 heterocycles. The summed E-state index contributed by atoms with van der Waals surface area (Å²) in [5.41, 5.74) is 5.92. The molecule has 190 valence electrons. The molecule has 0 radical (unpaired) electrons. The van der Waals surface area contributed by atoms with Gasteiger partial charge in [-0.25, -0.2) is 0 Å². The summed E-state index contributed by atoms with van der Waals surface area (Å²) in [6, 6.07) is 37.4. The second kappa shape index (κ2) is 12.7. The fourth-order valence-electron chi connectivity index (χ4n) is 4.33. The summed E-state index contributed by atoms with van der Waals surface area (Å²) in [5, 5.41) is 5.48. The Bertz CT molecular complexity index is 1340. The molecule has 0 unspecified atom stereocenters. The molecule has 0 atom stereocenters. The van der Waals surface area contributed by atoms with Gasteiger partial charge in [0.25, 0.3) is 0 Å². The van der Waals surface area contributed by atoms with Crippen LogP contribution in [-0.4, -0.2) is 3.26 Å². The van der Waals surface area contributed by atoms with Crippen LogP contribution >= 0.6 is 0 Å². The average Bonchev–Trinajstić information content (AvgIpc) is 3.21. The first kappa shape index (κ1) is 31.3. The Morgan fingerprint density at radius 2 is 0.892 bits per heavy atom. The van der Waals surface area contributed by atoms with Gasteiger partial charge in [0.05, 0.1) is 0 Å². The van der Waals surface area contributed by atoms with Crippen molar-refractivity contribution in [3.05, 3.63) is 125 Å². The molecule has 0 aliphatic carbocycles. The SMILES string of the molecule is CC(C)(C)c1ccc2c(c1)[cH-]c1cc(C(C)(C)C)ccc12.[Cl-].[Cl-].[Hf+2]=[C](c1ccccc1)c1ccccc1. The van der Waals surface area contributed by atoms with Crippen molar-refractivity contribution in [2.45, 2.75) is 52.4 Å². The van der Waals surface area contributed by atoms with Crippen molar-refractivity contribution < 1.29 is 48.7 Å². The molecule has 0 saturated heterocycles. The van der Waals surface area contributed by atoms with Crippen LogP contribution in [-0.2, 0) is 34.7 Å². The van der Waals surface area contributed by atoms with E-state index >= 15 is 0 Å². The number of rotatable bonds is 2. The van der Waals surface area contributed by atoms with Crippen LogP contribution in [0.15, 0.2) is 103 Å². The summed E-state index contributed by atoms with van der Waals surface area (Å²) in [5.74, 6) is 0. The Morgan fingerprint density at radius 1 is 0.541 bits per heavy atom. The third-order valence-corrected chi connectivity index (χ3v) is 8.64. The van der Waals surface area contributed by atoms with Gasteiger partial charge in [0.1, 0.15) is 0 Å². The Hall–Kier alpha value is -1.93. The molecule has 0 aliphatic heterocycles. The first-order valence-corrected chi connectivity index (χ1v) is 14.2. The monoisotopic (exact) mass is 693 g/mol. The zero-order valence-corrected chi connectivity index (χ0v) is 27.7. The molecule has 0 nitrogen and oxygen atoms in total. The van der Waals surface area contributed by atoms with Crippen LogP contribution in [0.3, 0.4) is 0 Å². The molecule has 5 aromatic carbocycles. The quantitative estimate of drug-likeness (QED) is 0.197. The second-order valence-corrected chi connectivity index (χ2v) is 13.2. The molecule has 37 heavy (non-hydrogen) atoms. The van der Waals surface area contributed by atoms with E-state index in [0.717, 1.165) is 23.9 Å². The molecule has 5 aromatic rings. The Kier molecular flexibility index (Phi) is 10.8. The van der Waals surface area contributed by atoms with E-state index in [1.165, 1.54) is 47.1 Å². The molecular formula is C34H35Cl2Hf-. The minimum absolute atomic E-state index is 0.